The zero-order chi connectivity index (χ0) is 14.5. The molecule has 2 rings (SSSR count). The van der Waals surface area contributed by atoms with Gasteiger partial charge in [0, 0.05) is 5.75 Å². The van der Waals surface area contributed by atoms with Gasteiger partial charge in [-0.1, -0.05) is 29.8 Å². The summed E-state index contributed by atoms with van der Waals surface area (Å²) in [4.78, 5) is 4.15. The molecule has 0 aliphatic rings. The lowest BCUT2D eigenvalue weighted by Gasteiger charge is -2.06. The first-order valence-corrected chi connectivity index (χ1v) is 6.91. The Morgan fingerprint density at radius 3 is 2.60 bits per heavy atom. The van der Waals surface area contributed by atoms with Crippen LogP contribution < -0.4 is 5.73 Å². The van der Waals surface area contributed by atoms with Crippen LogP contribution in [0.25, 0.3) is 0 Å². The molecule has 0 bridgehead atoms. The summed E-state index contributed by atoms with van der Waals surface area (Å²) in [5, 5.41) is 18.6. The number of aromatic nitrogens is 1. The lowest BCUT2D eigenvalue weighted by molar-refractivity contribution is 1.11. The maximum absolute atomic E-state index is 9.12. The fourth-order valence-corrected chi connectivity index (χ4v) is 2.65. The summed E-state index contributed by atoms with van der Waals surface area (Å²) in [6, 6.07) is 13.6. The van der Waals surface area contributed by atoms with E-state index >= 15 is 0 Å². The average Bonchev–Trinajstić information content (AvgIpc) is 2.45. The third-order valence-electron chi connectivity index (χ3n) is 2.72. The van der Waals surface area contributed by atoms with E-state index in [-0.39, 0.29) is 11.4 Å². The number of hydrogen-bond acceptors (Lipinski definition) is 5. The molecule has 2 N–H and O–H groups in total. The first-order chi connectivity index (χ1) is 9.63. The highest BCUT2D eigenvalue weighted by Gasteiger charge is 2.10. The van der Waals surface area contributed by atoms with Crippen molar-refractivity contribution < 1.29 is 0 Å². The molecular weight excluding hydrogens is 268 g/mol. The number of hydrogen-bond donors (Lipinski definition) is 1. The predicted octanol–water partition coefficient (Wildman–Crippen LogP) is 3.01. The van der Waals surface area contributed by atoms with Gasteiger partial charge in [0.05, 0.1) is 11.1 Å². The van der Waals surface area contributed by atoms with E-state index in [2.05, 4.69) is 17.1 Å². The Bertz CT molecular complexity index is 726. The van der Waals surface area contributed by atoms with E-state index < -0.39 is 0 Å². The second kappa shape index (κ2) is 6.10. The number of nitrogens with zero attached hydrogens (tertiary/aromatic N) is 3. The Morgan fingerprint density at radius 1 is 1.20 bits per heavy atom. The summed E-state index contributed by atoms with van der Waals surface area (Å²) in [5.41, 5.74) is 8.66. The van der Waals surface area contributed by atoms with Crippen LogP contribution in [-0.2, 0) is 5.75 Å². The van der Waals surface area contributed by atoms with Gasteiger partial charge in [-0.2, -0.15) is 10.5 Å². The summed E-state index contributed by atoms with van der Waals surface area (Å²) in [7, 11) is 0. The van der Waals surface area contributed by atoms with Gasteiger partial charge in [0.2, 0.25) is 0 Å². The molecule has 5 heteroatoms. The van der Waals surface area contributed by atoms with Crippen molar-refractivity contribution in [1.82, 2.24) is 4.98 Å². The standard InChI is InChI=1S/C15H12N4S/c1-10-3-2-4-11(5-10)9-20-15-13(8-17)6-12(7-16)14(18)19-15/h2-6H,9H2,1H3,(H2,18,19). The Balaban J connectivity index is 2.24. The van der Waals surface area contributed by atoms with E-state index in [9.17, 15) is 0 Å². The van der Waals surface area contributed by atoms with Crippen LogP contribution in [0.1, 0.15) is 22.3 Å². The molecule has 0 fully saturated rings. The van der Waals surface area contributed by atoms with Gasteiger partial charge in [-0.05, 0) is 18.6 Å². The molecule has 20 heavy (non-hydrogen) atoms. The largest absolute Gasteiger partial charge is 0.383 e. The number of benzene rings is 1. The fourth-order valence-electron chi connectivity index (χ4n) is 1.74. The minimum Gasteiger partial charge on any atom is -0.383 e. The molecular formula is C15H12N4S. The van der Waals surface area contributed by atoms with E-state index in [1.165, 1.54) is 23.4 Å². The van der Waals surface area contributed by atoms with E-state index in [4.69, 9.17) is 16.3 Å². The Morgan fingerprint density at radius 2 is 1.95 bits per heavy atom. The Kier molecular flexibility index (Phi) is 4.24. The van der Waals surface area contributed by atoms with Crippen LogP contribution in [0.5, 0.6) is 0 Å². The van der Waals surface area contributed by atoms with Crippen LogP contribution in [0, 0.1) is 29.6 Å². The molecule has 4 nitrogen and oxygen atoms in total. The first kappa shape index (κ1) is 13.9. The van der Waals surface area contributed by atoms with Crippen molar-refractivity contribution in [2.45, 2.75) is 17.7 Å². The van der Waals surface area contributed by atoms with Crippen molar-refractivity contribution in [2.24, 2.45) is 0 Å². The molecule has 98 valence electrons. The van der Waals surface area contributed by atoms with Crippen molar-refractivity contribution in [3.63, 3.8) is 0 Å². The van der Waals surface area contributed by atoms with Gasteiger partial charge >= 0.3 is 0 Å². The van der Waals surface area contributed by atoms with Crippen molar-refractivity contribution in [3.05, 3.63) is 52.6 Å². The number of thioether (sulfide) groups is 1. The third-order valence-corrected chi connectivity index (χ3v) is 3.78. The number of rotatable bonds is 3. The van der Waals surface area contributed by atoms with Gasteiger partial charge in [0.15, 0.2) is 0 Å². The van der Waals surface area contributed by atoms with Gasteiger partial charge in [-0.25, -0.2) is 4.98 Å². The number of nitriles is 2. The molecule has 2 aromatic rings. The highest BCUT2D eigenvalue weighted by molar-refractivity contribution is 7.98. The van der Waals surface area contributed by atoms with Crippen LogP contribution in [0.4, 0.5) is 5.82 Å². The topological polar surface area (TPSA) is 86.5 Å². The number of nitrogen functional groups attached to an aromatic ring is 1. The monoisotopic (exact) mass is 280 g/mol. The zero-order valence-electron chi connectivity index (χ0n) is 10.9. The van der Waals surface area contributed by atoms with Gasteiger partial charge in [0.1, 0.15) is 23.0 Å². The van der Waals surface area contributed by atoms with Crippen LogP contribution in [-0.4, -0.2) is 4.98 Å². The predicted molar refractivity (Wildman–Crippen MR) is 78.8 cm³/mol. The summed E-state index contributed by atoms with van der Waals surface area (Å²) in [6.45, 7) is 2.03. The normalized spacial score (nSPS) is 9.75. The molecule has 1 aromatic carbocycles. The SMILES string of the molecule is Cc1cccc(CSc2nc(N)c(C#N)cc2C#N)c1. The van der Waals surface area contributed by atoms with Gasteiger partial charge in [-0.3, -0.25) is 0 Å². The van der Waals surface area contributed by atoms with Crippen molar-refractivity contribution in [2.75, 3.05) is 5.73 Å². The van der Waals surface area contributed by atoms with Crippen molar-refractivity contribution in [1.29, 1.82) is 10.5 Å². The maximum Gasteiger partial charge on any atom is 0.142 e. The molecule has 0 saturated carbocycles. The molecule has 0 spiro atoms. The summed E-state index contributed by atoms with van der Waals surface area (Å²) >= 11 is 1.44. The Hall–Kier alpha value is -2.50. The number of anilines is 1. The first-order valence-electron chi connectivity index (χ1n) is 5.93. The second-order valence-electron chi connectivity index (χ2n) is 4.28. The lowest BCUT2D eigenvalue weighted by Crippen LogP contribution is -1.99. The highest BCUT2D eigenvalue weighted by atomic mass is 32.2. The van der Waals surface area contributed by atoms with Crippen LogP contribution in [0.2, 0.25) is 0 Å². The number of nitrogens with two attached hydrogens (primary N) is 1. The summed E-state index contributed by atoms with van der Waals surface area (Å²) in [5.74, 6) is 0.868. The fraction of sp³-hybridized carbons (Fsp3) is 0.133. The number of pyridine rings is 1. The summed E-state index contributed by atoms with van der Waals surface area (Å²) in [6.07, 6.45) is 0. The van der Waals surface area contributed by atoms with Gasteiger partial charge in [-0.15, -0.1) is 11.8 Å². The van der Waals surface area contributed by atoms with Crippen LogP contribution in [0.15, 0.2) is 35.4 Å². The van der Waals surface area contributed by atoms with E-state index in [1.807, 2.05) is 31.2 Å². The molecule has 0 unspecified atom stereocenters. The van der Waals surface area contributed by atoms with E-state index in [0.717, 1.165) is 5.56 Å². The average molecular weight is 280 g/mol. The van der Waals surface area contributed by atoms with Crippen LogP contribution >= 0.6 is 11.8 Å². The minimum absolute atomic E-state index is 0.165. The molecule has 0 aliphatic carbocycles. The molecule has 0 atom stereocenters. The molecule has 1 heterocycles. The van der Waals surface area contributed by atoms with E-state index in [0.29, 0.717) is 16.3 Å². The minimum atomic E-state index is 0.165. The van der Waals surface area contributed by atoms with Crippen molar-refractivity contribution in [3.8, 4) is 12.1 Å². The Labute approximate surface area is 121 Å². The smallest absolute Gasteiger partial charge is 0.142 e. The molecule has 0 saturated heterocycles. The lowest BCUT2D eigenvalue weighted by atomic mass is 10.2. The van der Waals surface area contributed by atoms with Crippen molar-refractivity contribution >= 4 is 17.6 Å². The summed E-state index contributed by atoms with van der Waals surface area (Å²) < 4.78 is 0. The molecule has 1 aromatic heterocycles. The zero-order valence-corrected chi connectivity index (χ0v) is 11.7. The molecule has 0 aliphatic heterocycles. The second-order valence-corrected chi connectivity index (χ2v) is 5.24. The quantitative estimate of drug-likeness (QED) is 0.873. The van der Waals surface area contributed by atoms with Crippen LogP contribution in [0.3, 0.4) is 0 Å². The highest BCUT2D eigenvalue weighted by Crippen LogP contribution is 2.27. The number of aryl methyl sites for hydroxylation is 1. The van der Waals surface area contributed by atoms with Gasteiger partial charge in [0.25, 0.3) is 0 Å². The molecule has 0 amide bonds. The third kappa shape index (κ3) is 3.09. The van der Waals surface area contributed by atoms with E-state index in [1.54, 1.807) is 0 Å². The van der Waals surface area contributed by atoms with Gasteiger partial charge < -0.3 is 5.73 Å². The maximum atomic E-state index is 9.12. The molecule has 0 radical (unpaired) electrons.